The molecule has 0 N–H and O–H groups in total. The molecule has 0 unspecified atom stereocenters. The van der Waals surface area contributed by atoms with Crippen molar-refractivity contribution in [3.8, 4) is 22.4 Å². The predicted octanol–water partition coefficient (Wildman–Crippen LogP) is 7.86. The van der Waals surface area contributed by atoms with Crippen molar-refractivity contribution in [1.29, 1.82) is 0 Å². The molecular formula is C38H27N3P+. The first-order valence-electron chi connectivity index (χ1n) is 14.2. The molecule has 8 aromatic rings. The largest absolute Gasteiger partial charge is 0.298 e. The Kier molecular flexibility index (Phi) is 6.09. The van der Waals surface area contributed by atoms with Crippen LogP contribution < -0.4 is 15.9 Å². The highest BCUT2D eigenvalue weighted by Gasteiger charge is 2.25. The number of benzene rings is 5. The molecule has 0 spiro atoms. The molecule has 0 aliphatic heterocycles. The van der Waals surface area contributed by atoms with Gasteiger partial charge in [0.2, 0.25) is 0 Å². The second-order valence-electron chi connectivity index (χ2n) is 10.5. The minimum Gasteiger partial charge on any atom is -0.298 e. The van der Waals surface area contributed by atoms with Gasteiger partial charge in [0, 0.05) is 17.1 Å². The van der Waals surface area contributed by atoms with Crippen molar-refractivity contribution in [2.75, 3.05) is 0 Å². The van der Waals surface area contributed by atoms with Crippen LogP contribution in [0, 0.1) is 0 Å². The molecule has 198 valence electrons. The van der Waals surface area contributed by atoms with E-state index in [-0.39, 0.29) is 0 Å². The highest BCUT2D eigenvalue weighted by molar-refractivity contribution is 7.79. The summed E-state index contributed by atoms with van der Waals surface area (Å²) >= 11 is 0. The Hall–Kier alpha value is -5.11. The molecule has 42 heavy (non-hydrogen) atoms. The molecule has 3 heterocycles. The normalized spacial score (nSPS) is 11.5. The van der Waals surface area contributed by atoms with E-state index < -0.39 is 7.92 Å². The minimum atomic E-state index is -1.10. The molecule has 0 saturated carbocycles. The predicted molar refractivity (Wildman–Crippen MR) is 179 cm³/mol. The van der Waals surface area contributed by atoms with Crippen LogP contribution in [0.5, 0.6) is 0 Å². The minimum absolute atomic E-state index is 0.924. The molecule has 0 fully saturated rings. The number of aromatic nitrogens is 3. The van der Waals surface area contributed by atoms with Gasteiger partial charge in [0.05, 0.1) is 24.6 Å². The first-order valence-corrected chi connectivity index (χ1v) is 15.7. The molecule has 0 saturated heterocycles. The smallest absolute Gasteiger partial charge is 0.137 e. The van der Waals surface area contributed by atoms with Crippen LogP contribution in [-0.2, 0) is 0 Å². The summed E-state index contributed by atoms with van der Waals surface area (Å²) in [5.74, 6) is 0. The van der Waals surface area contributed by atoms with Crippen LogP contribution in [0.4, 0.5) is 0 Å². The van der Waals surface area contributed by atoms with Crippen LogP contribution in [0.25, 0.3) is 50.0 Å². The van der Waals surface area contributed by atoms with Crippen molar-refractivity contribution in [1.82, 2.24) is 14.4 Å². The number of nitrogens with zero attached hydrogens (tertiary/aromatic N) is 3. The standard InChI is InChI=1S/C38H26N3P/c1-3-14-30(15-4-1)42(31-16-5-2-6-17-31)32-23-21-27(22-24-32)28-12-11-13-29(26-28)36-38-37(33-18-7-8-19-34(33)39-36)40-35-20-9-10-25-41(35)38/h1-26H/p+1. The van der Waals surface area contributed by atoms with Crippen molar-refractivity contribution in [3.63, 3.8) is 0 Å². The van der Waals surface area contributed by atoms with E-state index in [9.17, 15) is 0 Å². The highest BCUT2D eigenvalue weighted by Crippen LogP contribution is 2.36. The second kappa shape index (κ2) is 10.4. The van der Waals surface area contributed by atoms with Crippen LogP contribution in [0.2, 0.25) is 0 Å². The average Bonchev–Trinajstić information content (AvgIpc) is 3.46. The Morgan fingerprint density at radius 2 is 1.12 bits per heavy atom. The van der Waals surface area contributed by atoms with E-state index >= 15 is 0 Å². The topological polar surface area (TPSA) is 30.2 Å². The van der Waals surface area contributed by atoms with Crippen molar-refractivity contribution < 1.29 is 0 Å². The Bertz CT molecular complexity index is 2150. The van der Waals surface area contributed by atoms with E-state index in [4.69, 9.17) is 9.97 Å². The third-order valence-corrected chi connectivity index (χ3v) is 10.6. The molecule has 4 heteroatoms. The average molecular weight is 557 g/mol. The summed E-state index contributed by atoms with van der Waals surface area (Å²) in [5.41, 5.74) is 8.28. The van der Waals surface area contributed by atoms with Crippen molar-refractivity contribution in [2.45, 2.75) is 0 Å². The Morgan fingerprint density at radius 1 is 0.476 bits per heavy atom. The lowest BCUT2D eigenvalue weighted by Crippen LogP contribution is -2.20. The quantitative estimate of drug-likeness (QED) is 0.202. The lowest BCUT2D eigenvalue weighted by Gasteiger charge is -2.12. The van der Waals surface area contributed by atoms with Gasteiger partial charge in [-0.15, -0.1) is 0 Å². The summed E-state index contributed by atoms with van der Waals surface area (Å²) in [6.45, 7) is 0. The van der Waals surface area contributed by atoms with Crippen molar-refractivity contribution in [2.24, 2.45) is 0 Å². The number of imidazole rings is 1. The molecule has 0 radical (unpaired) electrons. The molecule has 0 atom stereocenters. The molecule has 8 rings (SSSR count). The molecule has 3 aromatic heterocycles. The maximum absolute atomic E-state index is 5.18. The Balaban J connectivity index is 1.23. The summed E-state index contributed by atoms with van der Waals surface area (Å²) in [6, 6.07) is 54.1. The molecule has 0 aliphatic rings. The zero-order chi connectivity index (χ0) is 27.9. The van der Waals surface area contributed by atoms with Crippen LogP contribution in [0.3, 0.4) is 0 Å². The number of para-hydroxylation sites is 1. The summed E-state index contributed by atoms with van der Waals surface area (Å²) in [6.07, 6.45) is 2.08. The van der Waals surface area contributed by atoms with Crippen LogP contribution >= 0.6 is 7.92 Å². The maximum Gasteiger partial charge on any atom is 0.137 e. The Labute approximate surface area is 245 Å². The van der Waals surface area contributed by atoms with Crippen LogP contribution in [0.15, 0.2) is 158 Å². The van der Waals surface area contributed by atoms with Gasteiger partial charge in [0.1, 0.15) is 27.1 Å². The van der Waals surface area contributed by atoms with Gasteiger partial charge in [0.25, 0.3) is 0 Å². The van der Waals surface area contributed by atoms with E-state index in [2.05, 4.69) is 144 Å². The molecule has 5 aromatic carbocycles. The number of hydrogen-bond donors (Lipinski definition) is 0. The van der Waals surface area contributed by atoms with Crippen LogP contribution in [0.1, 0.15) is 0 Å². The summed E-state index contributed by atoms with van der Waals surface area (Å²) in [5, 5.41) is 5.23. The second-order valence-corrected chi connectivity index (χ2v) is 13.0. The zero-order valence-corrected chi connectivity index (χ0v) is 23.9. The SMILES string of the molecule is c1ccc([PH+](c2ccccc2)c2ccc(-c3cccc(-c4nc5ccccc5c5nc6ccccn6c45)c3)cc2)cc1. The highest BCUT2D eigenvalue weighted by atomic mass is 31.1. The van der Waals surface area contributed by atoms with Gasteiger partial charge >= 0.3 is 0 Å². The lowest BCUT2D eigenvalue weighted by molar-refractivity contribution is 1.22. The van der Waals surface area contributed by atoms with E-state index in [0.717, 1.165) is 38.8 Å². The van der Waals surface area contributed by atoms with Gasteiger partial charge in [-0.1, -0.05) is 91.0 Å². The third-order valence-electron chi connectivity index (χ3n) is 7.91. The number of hydrogen-bond acceptors (Lipinski definition) is 2. The van der Waals surface area contributed by atoms with Gasteiger partial charge in [-0.2, -0.15) is 0 Å². The third kappa shape index (κ3) is 4.27. The first kappa shape index (κ1) is 24.7. The fourth-order valence-electron chi connectivity index (χ4n) is 5.94. The lowest BCUT2D eigenvalue weighted by atomic mass is 10.0. The van der Waals surface area contributed by atoms with Gasteiger partial charge in [0.15, 0.2) is 0 Å². The fourth-order valence-corrected chi connectivity index (χ4v) is 8.49. The van der Waals surface area contributed by atoms with E-state index in [1.807, 2.05) is 18.2 Å². The van der Waals surface area contributed by atoms with Gasteiger partial charge in [-0.25, -0.2) is 9.97 Å². The molecule has 0 aliphatic carbocycles. The molecule has 0 amide bonds. The van der Waals surface area contributed by atoms with Crippen molar-refractivity contribution >= 4 is 51.4 Å². The van der Waals surface area contributed by atoms with Gasteiger partial charge < -0.3 is 0 Å². The van der Waals surface area contributed by atoms with E-state index in [0.29, 0.717) is 0 Å². The van der Waals surface area contributed by atoms with E-state index in [1.165, 1.54) is 27.0 Å². The maximum atomic E-state index is 5.18. The summed E-state index contributed by atoms with van der Waals surface area (Å²) in [7, 11) is -1.10. The van der Waals surface area contributed by atoms with Gasteiger partial charge in [-0.05, 0) is 71.8 Å². The molecular weight excluding hydrogens is 529 g/mol. The van der Waals surface area contributed by atoms with Crippen molar-refractivity contribution in [3.05, 3.63) is 158 Å². The fraction of sp³-hybridized carbons (Fsp3) is 0. The van der Waals surface area contributed by atoms with Crippen LogP contribution in [-0.4, -0.2) is 14.4 Å². The number of rotatable bonds is 5. The monoisotopic (exact) mass is 556 g/mol. The summed E-state index contributed by atoms with van der Waals surface area (Å²) < 4.78 is 2.16. The first-order chi connectivity index (χ1) is 20.8. The number of pyridine rings is 2. The number of fused-ring (bicyclic) bond motifs is 5. The summed E-state index contributed by atoms with van der Waals surface area (Å²) in [4.78, 5) is 10.2. The molecule has 0 bridgehead atoms. The molecule has 3 nitrogen and oxygen atoms in total. The zero-order valence-electron chi connectivity index (χ0n) is 22.9. The Morgan fingerprint density at radius 3 is 1.88 bits per heavy atom. The van der Waals surface area contributed by atoms with E-state index in [1.54, 1.807) is 0 Å². The van der Waals surface area contributed by atoms with Gasteiger partial charge in [-0.3, -0.25) is 4.40 Å².